The number of carbonyl (C=O) groups excluding carboxylic acids is 3. The van der Waals surface area contributed by atoms with Crippen molar-refractivity contribution in [3.05, 3.63) is 54.0 Å². The number of aromatic nitrogens is 3. The van der Waals surface area contributed by atoms with Gasteiger partial charge in [-0.1, -0.05) is 46.8 Å². The van der Waals surface area contributed by atoms with Crippen LogP contribution in [0.1, 0.15) is 84.9 Å². The maximum absolute atomic E-state index is 14.7. The van der Waals surface area contributed by atoms with Crippen LogP contribution in [0.25, 0.3) is 5.52 Å². The van der Waals surface area contributed by atoms with Crippen LogP contribution >= 0.6 is 7.75 Å². The Morgan fingerprint density at radius 3 is 2.38 bits per heavy atom. The van der Waals surface area contributed by atoms with Gasteiger partial charge in [0.05, 0.1) is 12.3 Å². The summed E-state index contributed by atoms with van der Waals surface area (Å²) in [6.07, 6.45) is 1.03. The number of carbonyl (C=O) groups is 3. The van der Waals surface area contributed by atoms with Gasteiger partial charge in [0, 0.05) is 26.1 Å². The lowest BCUT2D eigenvalue weighted by Crippen LogP contribution is -2.47. The lowest BCUT2D eigenvalue weighted by atomic mass is 9.87. The van der Waals surface area contributed by atoms with Gasteiger partial charge in [0.15, 0.2) is 23.6 Å². The summed E-state index contributed by atoms with van der Waals surface area (Å²) >= 11 is 0. The number of fused-ring (bicyclic) bond motifs is 1. The van der Waals surface area contributed by atoms with E-state index in [1.54, 1.807) is 38.1 Å². The SMILES string of the molecule is CCC(=O)O[C@H]1[C@@H](OC(=O)CC)[C@](C=NC)(c2ccc3c(N)ncnn23)O[C@@H]1COP(=O)(N[C@@H](C)C(=O)OC1CCC1)Oc1ccc(C(C)(C)C)cc1. The molecule has 16 nitrogen and oxygen atoms in total. The Balaban J connectivity index is 1.53. The third-order valence-electron chi connectivity index (χ3n) is 9.14. The number of nitrogens with one attached hydrogen (secondary N) is 1. The van der Waals surface area contributed by atoms with Gasteiger partial charge in [0.1, 0.15) is 35.8 Å². The van der Waals surface area contributed by atoms with E-state index in [0.29, 0.717) is 11.2 Å². The van der Waals surface area contributed by atoms with Crippen LogP contribution in [0.3, 0.4) is 0 Å². The minimum absolute atomic E-state index is 0.00864. The Morgan fingerprint density at radius 2 is 1.77 bits per heavy atom. The summed E-state index contributed by atoms with van der Waals surface area (Å²) in [4.78, 5) is 47.2. The Hall–Kier alpha value is -4.37. The Bertz CT molecular complexity index is 1860. The molecule has 1 saturated heterocycles. The third kappa shape index (κ3) is 8.89. The van der Waals surface area contributed by atoms with Gasteiger partial charge in [-0.2, -0.15) is 10.2 Å². The van der Waals surface area contributed by atoms with E-state index in [2.05, 4.69) is 40.9 Å². The highest BCUT2D eigenvalue weighted by Gasteiger charge is 2.61. The zero-order chi connectivity index (χ0) is 38.6. The highest BCUT2D eigenvalue weighted by atomic mass is 31.2. The van der Waals surface area contributed by atoms with Crippen molar-refractivity contribution in [2.24, 2.45) is 4.99 Å². The Kier molecular flexibility index (Phi) is 12.3. The van der Waals surface area contributed by atoms with Gasteiger partial charge in [-0.25, -0.2) is 14.1 Å². The van der Waals surface area contributed by atoms with Gasteiger partial charge < -0.3 is 29.2 Å². The Labute approximate surface area is 308 Å². The molecule has 3 aromatic rings. The standard InChI is InChI=1S/C36H49N6O10P/c1-8-29(43)49-31-27(51-36(20-38-7,32(31)50-30(44)9-2)28-18-17-26-33(37)39-21-40-42(26)28)19-47-53(46,41-22(3)34(45)48-24-11-10-12-24)52-25-15-13-23(14-16-25)35(4,5)6/h13-18,20-22,24,27,31-32H,8-12,19H2,1-7H3,(H,41,46)(H2,37,39,40)/t22-,27+,31+,32+,36-,53?/m0/s1. The second-order valence-electron chi connectivity index (χ2n) is 14.1. The summed E-state index contributed by atoms with van der Waals surface area (Å²) in [7, 11) is -2.93. The summed E-state index contributed by atoms with van der Waals surface area (Å²) in [6, 6.07) is 9.22. The number of hydrogen-bond acceptors (Lipinski definition) is 14. The number of esters is 3. The van der Waals surface area contributed by atoms with E-state index in [-0.39, 0.29) is 35.9 Å². The predicted octanol–water partition coefficient (Wildman–Crippen LogP) is 4.82. The van der Waals surface area contributed by atoms with Crippen LogP contribution in [0.2, 0.25) is 0 Å². The first-order valence-corrected chi connectivity index (χ1v) is 19.3. The molecule has 0 radical (unpaired) electrons. The largest absolute Gasteiger partial charge is 0.461 e. The lowest BCUT2D eigenvalue weighted by Gasteiger charge is -2.31. The number of ether oxygens (including phenoxy) is 4. The van der Waals surface area contributed by atoms with Crippen LogP contribution in [-0.4, -0.2) is 82.8 Å². The molecule has 0 amide bonds. The maximum Gasteiger partial charge on any atom is 0.459 e. The molecule has 53 heavy (non-hydrogen) atoms. The summed E-state index contributed by atoms with van der Waals surface area (Å²) in [6.45, 7) is 10.4. The molecule has 5 rings (SSSR count). The van der Waals surface area contributed by atoms with Crippen molar-refractivity contribution in [1.29, 1.82) is 0 Å². The molecule has 3 N–H and O–H groups in total. The van der Waals surface area contributed by atoms with Gasteiger partial charge >= 0.3 is 25.7 Å². The molecule has 2 aliphatic rings. The molecule has 1 saturated carbocycles. The molecule has 1 unspecified atom stereocenters. The average molecular weight is 757 g/mol. The molecule has 1 aromatic carbocycles. The molecule has 1 aliphatic heterocycles. The van der Waals surface area contributed by atoms with E-state index in [9.17, 15) is 18.9 Å². The molecular weight excluding hydrogens is 707 g/mol. The minimum atomic E-state index is -4.43. The van der Waals surface area contributed by atoms with Crippen LogP contribution in [0.15, 0.2) is 47.7 Å². The van der Waals surface area contributed by atoms with Gasteiger partial charge in [-0.3, -0.25) is 23.9 Å². The molecule has 1 aliphatic carbocycles. The molecular formula is C36H49N6O10P. The summed E-state index contributed by atoms with van der Waals surface area (Å²) in [5.74, 6) is -1.49. The lowest BCUT2D eigenvalue weighted by molar-refractivity contribution is -0.168. The molecule has 0 spiro atoms. The summed E-state index contributed by atoms with van der Waals surface area (Å²) < 4.78 is 52.3. The van der Waals surface area contributed by atoms with E-state index < -0.39 is 62.2 Å². The molecule has 6 atom stereocenters. The second-order valence-corrected chi connectivity index (χ2v) is 15.8. The van der Waals surface area contributed by atoms with E-state index in [1.165, 1.54) is 31.0 Å². The zero-order valence-electron chi connectivity index (χ0n) is 31.1. The predicted molar refractivity (Wildman–Crippen MR) is 194 cm³/mol. The van der Waals surface area contributed by atoms with E-state index in [1.807, 2.05) is 12.1 Å². The van der Waals surface area contributed by atoms with Crippen molar-refractivity contribution in [1.82, 2.24) is 19.7 Å². The number of hydrogen-bond donors (Lipinski definition) is 2. The first kappa shape index (κ1) is 39.8. The number of nitrogens with two attached hydrogens (primary N) is 1. The van der Waals surface area contributed by atoms with Crippen molar-refractivity contribution >= 4 is 43.2 Å². The number of rotatable bonds is 15. The average Bonchev–Trinajstić information content (AvgIpc) is 3.66. The molecule has 2 fully saturated rings. The number of aliphatic imine (C=N–C) groups is 1. The zero-order valence-corrected chi connectivity index (χ0v) is 32.0. The van der Waals surface area contributed by atoms with Crippen molar-refractivity contribution in [3.8, 4) is 5.75 Å². The van der Waals surface area contributed by atoms with Gasteiger partial charge in [0.25, 0.3) is 0 Å². The fourth-order valence-electron chi connectivity index (χ4n) is 5.98. The van der Waals surface area contributed by atoms with Crippen LogP contribution in [0.4, 0.5) is 5.82 Å². The summed E-state index contributed by atoms with van der Waals surface area (Å²) in [5, 5.41) is 7.07. The number of anilines is 1. The highest BCUT2D eigenvalue weighted by molar-refractivity contribution is 7.52. The van der Waals surface area contributed by atoms with Crippen LogP contribution in [0.5, 0.6) is 5.75 Å². The van der Waals surface area contributed by atoms with E-state index in [0.717, 1.165) is 24.8 Å². The maximum atomic E-state index is 14.7. The first-order chi connectivity index (χ1) is 25.1. The van der Waals surface area contributed by atoms with Crippen molar-refractivity contribution in [3.63, 3.8) is 0 Å². The molecule has 2 aromatic heterocycles. The fourth-order valence-corrected chi connectivity index (χ4v) is 7.48. The van der Waals surface area contributed by atoms with Gasteiger partial charge in [0.2, 0.25) is 0 Å². The van der Waals surface area contributed by atoms with Gasteiger partial charge in [-0.15, -0.1) is 0 Å². The molecule has 3 heterocycles. The fraction of sp³-hybridized carbons (Fsp3) is 0.556. The highest BCUT2D eigenvalue weighted by Crippen LogP contribution is 2.48. The van der Waals surface area contributed by atoms with Crippen molar-refractivity contribution in [2.75, 3.05) is 19.4 Å². The van der Waals surface area contributed by atoms with Crippen molar-refractivity contribution < 1.29 is 46.9 Å². The van der Waals surface area contributed by atoms with Gasteiger partial charge in [-0.05, 0) is 61.4 Å². The van der Waals surface area contributed by atoms with Crippen LogP contribution in [0, 0.1) is 0 Å². The van der Waals surface area contributed by atoms with E-state index >= 15 is 0 Å². The Morgan fingerprint density at radius 1 is 1.09 bits per heavy atom. The smallest absolute Gasteiger partial charge is 0.459 e. The number of nitrogens with zero attached hydrogens (tertiary/aromatic N) is 4. The normalized spacial score (nSPS) is 23.6. The number of nitrogen functional groups attached to an aromatic ring is 1. The monoisotopic (exact) mass is 756 g/mol. The molecule has 0 bridgehead atoms. The number of benzene rings is 1. The molecule has 288 valence electrons. The van der Waals surface area contributed by atoms with Crippen molar-refractivity contribution in [2.45, 2.75) is 115 Å². The van der Waals surface area contributed by atoms with Crippen LogP contribution in [-0.2, 0) is 53.4 Å². The second kappa shape index (κ2) is 16.3. The molecule has 17 heteroatoms. The quantitative estimate of drug-likeness (QED) is 0.0924. The van der Waals surface area contributed by atoms with Crippen LogP contribution < -0.4 is 15.3 Å². The summed E-state index contributed by atoms with van der Waals surface area (Å²) in [5.41, 5.74) is 6.03. The first-order valence-electron chi connectivity index (χ1n) is 17.7. The topological polar surface area (TPSA) is 204 Å². The third-order valence-corrected chi connectivity index (χ3v) is 10.8. The van der Waals surface area contributed by atoms with E-state index in [4.69, 9.17) is 33.7 Å². The minimum Gasteiger partial charge on any atom is -0.461 e.